The van der Waals surface area contributed by atoms with Gasteiger partial charge in [0.05, 0.1) is 7.11 Å². The predicted octanol–water partition coefficient (Wildman–Crippen LogP) is 5.27. The maximum Gasteiger partial charge on any atom is 0.160 e. The summed E-state index contributed by atoms with van der Waals surface area (Å²) in [6.07, 6.45) is 9.47. The van der Waals surface area contributed by atoms with E-state index in [1.54, 1.807) is 13.2 Å². The van der Waals surface area contributed by atoms with Crippen LogP contribution in [0, 0.1) is 17.8 Å². The van der Waals surface area contributed by atoms with Crippen LogP contribution in [0.4, 0.5) is 0 Å². The molecule has 0 aliphatic rings. The zero-order valence-electron chi connectivity index (χ0n) is 16.2. The Morgan fingerprint density at radius 1 is 1.08 bits per heavy atom. The van der Waals surface area contributed by atoms with Crippen molar-refractivity contribution in [1.82, 2.24) is 5.32 Å². The number of ether oxygens (including phenoxy) is 1. The van der Waals surface area contributed by atoms with Crippen LogP contribution in [0.3, 0.4) is 0 Å². The number of hydrogen-bond acceptors (Lipinski definition) is 3. The molecule has 1 aromatic rings. The zero-order chi connectivity index (χ0) is 18.3. The van der Waals surface area contributed by atoms with E-state index in [9.17, 15) is 5.11 Å². The molecule has 2 N–H and O–H groups in total. The summed E-state index contributed by atoms with van der Waals surface area (Å²) in [4.78, 5) is 0. The van der Waals surface area contributed by atoms with E-state index in [2.05, 4.69) is 31.0 Å². The van der Waals surface area contributed by atoms with Crippen molar-refractivity contribution in [1.29, 1.82) is 0 Å². The second-order valence-corrected chi connectivity index (χ2v) is 6.57. The van der Waals surface area contributed by atoms with Crippen molar-refractivity contribution < 1.29 is 9.84 Å². The highest BCUT2D eigenvalue weighted by molar-refractivity contribution is 5.41. The molecule has 1 aromatic carbocycles. The molecule has 0 saturated heterocycles. The van der Waals surface area contributed by atoms with E-state index in [1.807, 2.05) is 12.1 Å². The Morgan fingerprint density at radius 3 is 2.56 bits per heavy atom. The van der Waals surface area contributed by atoms with Gasteiger partial charge in [-0.15, -0.1) is 11.8 Å². The number of phenols is 1. The lowest BCUT2D eigenvalue weighted by Crippen LogP contribution is -2.14. The van der Waals surface area contributed by atoms with E-state index < -0.39 is 0 Å². The largest absolute Gasteiger partial charge is 0.504 e. The quantitative estimate of drug-likeness (QED) is 0.400. The molecule has 140 valence electrons. The van der Waals surface area contributed by atoms with Crippen LogP contribution >= 0.6 is 0 Å². The van der Waals surface area contributed by atoms with E-state index in [0.717, 1.165) is 37.4 Å². The van der Waals surface area contributed by atoms with Gasteiger partial charge in [-0.25, -0.2) is 0 Å². The zero-order valence-corrected chi connectivity index (χ0v) is 16.2. The maximum atomic E-state index is 9.58. The molecule has 1 rings (SSSR count). The summed E-state index contributed by atoms with van der Waals surface area (Å²) in [7, 11) is 1.57. The summed E-state index contributed by atoms with van der Waals surface area (Å²) in [5, 5.41) is 13.0. The first kappa shape index (κ1) is 21.4. The van der Waals surface area contributed by atoms with Crippen LogP contribution in [0.5, 0.6) is 11.5 Å². The number of benzene rings is 1. The van der Waals surface area contributed by atoms with Crippen molar-refractivity contribution in [3.05, 3.63) is 23.8 Å². The summed E-state index contributed by atoms with van der Waals surface area (Å²) >= 11 is 0. The SMILES string of the molecule is CCC(CC)CCC#CCCCCCNCc1ccc(O)c(OC)c1. The fraction of sp³-hybridized carbons (Fsp3) is 0.636. The lowest BCUT2D eigenvalue weighted by atomic mass is 9.98. The van der Waals surface area contributed by atoms with E-state index in [1.165, 1.54) is 38.5 Å². The summed E-state index contributed by atoms with van der Waals surface area (Å²) in [6, 6.07) is 5.47. The Kier molecular flexibility index (Phi) is 11.6. The van der Waals surface area contributed by atoms with Crippen LogP contribution in [0.2, 0.25) is 0 Å². The minimum absolute atomic E-state index is 0.187. The van der Waals surface area contributed by atoms with Crippen molar-refractivity contribution in [3.63, 3.8) is 0 Å². The molecule has 0 amide bonds. The van der Waals surface area contributed by atoms with Crippen LogP contribution in [0.25, 0.3) is 0 Å². The highest BCUT2D eigenvalue weighted by atomic mass is 16.5. The summed E-state index contributed by atoms with van der Waals surface area (Å²) in [6.45, 7) is 6.35. The number of aromatic hydroxyl groups is 1. The van der Waals surface area contributed by atoms with Crippen molar-refractivity contribution in [2.45, 2.75) is 71.8 Å². The lowest BCUT2D eigenvalue weighted by molar-refractivity contribution is 0.372. The number of phenolic OH excluding ortho intramolecular Hbond substituents is 1. The van der Waals surface area contributed by atoms with Gasteiger partial charge < -0.3 is 15.2 Å². The van der Waals surface area contributed by atoms with Gasteiger partial charge in [0, 0.05) is 19.4 Å². The van der Waals surface area contributed by atoms with Crippen LogP contribution < -0.4 is 10.1 Å². The van der Waals surface area contributed by atoms with Gasteiger partial charge in [-0.2, -0.15) is 0 Å². The molecule has 0 atom stereocenters. The van der Waals surface area contributed by atoms with Gasteiger partial charge in [0.25, 0.3) is 0 Å². The van der Waals surface area contributed by atoms with Gasteiger partial charge in [-0.1, -0.05) is 39.2 Å². The fourth-order valence-corrected chi connectivity index (χ4v) is 2.85. The first-order valence-corrected chi connectivity index (χ1v) is 9.73. The van der Waals surface area contributed by atoms with E-state index in [-0.39, 0.29) is 5.75 Å². The molecule has 0 aliphatic carbocycles. The molecule has 0 aromatic heterocycles. The van der Waals surface area contributed by atoms with Crippen LogP contribution in [0.1, 0.15) is 70.8 Å². The van der Waals surface area contributed by atoms with E-state index >= 15 is 0 Å². The van der Waals surface area contributed by atoms with Gasteiger partial charge in [0.2, 0.25) is 0 Å². The number of hydrogen-bond donors (Lipinski definition) is 2. The normalized spacial score (nSPS) is 10.6. The third-order valence-corrected chi connectivity index (χ3v) is 4.69. The molecule has 0 spiro atoms. The molecule has 0 unspecified atom stereocenters. The molecule has 3 nitrogen and oxygen atoms in total. The second kappa shape index (κ2) is 13.6. The Balaban J connectivity index is 2.02. The second-order valence-electron chi connectivity index (χ2n) is 6.57. The van der Waals surface area contributed by atoms with Gasteiger partial charge >= 0.3 is 0 Å². The van der Waals surface area contributed by atoms with Gasteiger partial charge in [-0.05, 0) is 49.4 Å². The molecule has 0 fully saturated rings. The van der Waals surface area contributed by atoms with Crippen molar-refractivity contribution in [3.8, 4) is 23.3 Å². The standard InChI is InChI=1S/C22H35NO2/c1-4-19(5-2)13-11-9-7-6-8-10-12-16-23-18-20-14-15-21(24)22(17-20)25-3/h14-15,17,19,23-24H,4-6,8,10-13,16,18H2,1-3H3. The third-order valence-electron chi connectivity index (χ3n) is 4.69. The maximum absolute atomic E-state index is 9.58. The van der Waals surface area contributed by atoms with Crippen molar-refractivity contribution in [2.75, 3.05) is 13.7 Å². The summed E-state index contributed by atoms with van der Waals surface area (Å²) in [5.41, 5.74) is 1.12. The monoisotopic (exact) mass is 345 g/mol. The molecule has 0 heterocycles. The molecule has 0 bridgehead atoms. The van der Waals surface area contributed by atoms with Crippen molar-refractivity contribution in [2.24, 2.45) is 5.92 Å². The highest BCUT2D eigenvalue weighted by Gasteiger charge is 2.02. The third kappa shape index (κ3) is 9.41. The van der Waals surface area contributed by atoms with E-state index in [0.29, 0.717) is 5.75 Å². The van der Waals surface area contributed by atoms with Crippen LogP contribution in [-0.4, -0.2) is 18.8 Å². The smallest absolute Gasteiger partial charge is 0.160 e. The minimum atomic E-state index is 0.187. The number of methoxy groups -OCH3 is 1. The van der Waals surface area contributed by atoms with Crippen LogP contribution in [-0.2, 0) is 6.54 Å². The molecule has 0 radical (unpaired) electrons. The Bertz CT molecular complexity index is 527. The number of unbranched alkanes of at least 4 members (excludes halogenated alkanes) is 3. The van der Waals surface area contributed by atoms with Gasteiger partial charge in [0.15, 0.2) is 11.5 Å². The average Bonchev–Trinajstić information content (AvgIpc) is 2.64. The summed E-state index contributed by atoms with van der Waals surface area (Å²) in [5.74, 6) is 8.21. The Hall–Kier alpha value is -1.66. The van der Waals surface area contributed by atoms with Crippen LogP contribution in [0.15, 0.2) is 18.2 Å². The fourth-order valence-electron chi connectivity index (χ4n) is 2.85. The molecule has 0 saturated carbocycles. The first-order chi connectivity index (χ1) is 12.2. The molecule has 3 heteroatoms. The number of nitrogens with one attached hydrogen (secondary N) is 1. The highest BCUT2D eigenvalue weighted by Crippen LogP contribution is 2.26. The van der Waals surface area contributed by atoms with Gasteiger partial charge in [-0.3, -0.25) is 0 Å². The average molecular weight is 346 g/mol. The van der Waals surface area contributed by atoms with Crippen molar-refractivity contribution >= 4 is 0 Å². The molecular weight excluding hydrogens is 310 g/mol. The van der Waals surface area contributed by atoms with E-state index in [4.69, 9.17) is 4.74 Å². The molecular formula is C22H35NO2. The Labute approximate surface area is 154 Å². The molecule has 25 heavy (non-hydrogen) atoms. The first-order valence-electron chi connectivity index (χ1n) is 9.73. The Morgan fingerprint density at radius 2 is 1.84 bits per heavy atom. The lowest BCUT2D eigenvalue weighted by Gasteiger charge is -2.08. The molecule has 0 aliphatic heterocycles. The minimum Gasteiger partial charge on any atom is -0.504 e. The topological polar surface area (TPSA) is 41.5 Å². The van der Waals surface area contributed by atoms with Gasteiger partial charge in [0.1, 0.15) is 0 Å². The predicted molar refractivity (Wildman–Crippen MR) is 106 cm³/mol. The number of rotatable bonds is 12. The summed E-state index contributed by atoms with van der Waals surface area (Å²) < 4.78 is 5.12.